The van der Waals surface area contributed by atoms with Gasteiger partial charge in [0.05, 0.1) is 5.60 Å². The van der Waals surface area contributed by atoms with E-state index >= 15 is 0 Å². The van der Waals surface area contributed by atoms with Crippen molar-refractivity contribution in [1.82, 2.24) is 0 Å². The molecule has 0 aromatic heterocycles. The predicted molar refractivity (Wildman–Crippen MR) is 122 cm³/mol. The average Bonchev–Trinajstić information content (AvgIpc) is 2.68. The molecule has 0 amide bonds. The maximum Gasteiger partial charge on any atom is 0.244 e. The van der Waals surface area contributed by atoms with Gasteiger partial charge in [0.25, 0.3) is 0 Å². The summed E-state index contributed by atoms with van der Waals surface area (Å²) in [5.74, 6) is 1.04. The smallest absolute Gasteiger partial charge is 0.244 e. The Morgan fingerprint density at radius 3 is 2.23 bits per heavy atom. The highest BCUT2D eigenvalue weighted by molar-refractivity contribution is 6.01. The zero-order valence-electron chi connectivity index (χ0n) is 19.9. The third-order valence-corrected chi connectivity index (χ3v) is 6.96. The molecule has 30 heavy (non-hydrogen) atoms. The molecule has 0 radical (unpaired) electrons. The van der Waals surface area contributed by atoms with Gasteiger partial charge in [-0.1, -0.05) is 79.1 Å². The number of ketones is 1. The second-order valence-corrected chi connectivity index (χ2v) is 10.6. The van der Waals surface area contributed by atoms with Crippen LogP contribution in [0.1, 0.15) is 105 Å². The summed E-state index contributed by atoms with van der Waals surface area (Å²) in [6, 6.07) is 0. The molecule has 1 fully saturated rings. The molecule has 0 aromatic carbocycles. The average molecular weight is 421 g/mol. The molecule has 1 N–H and O–H groups in total. The topological polar surface area (TPSA) is 55.8 Å². The molecule has 1 aliphatic heterocycles. The van der Waals surface area contributed by atoms with Crippen molar-refractivity contribution in [3.63, 3.8) is 0 Å². The van der Waals surface area contributed by atoms with Gasteiger partial charge in [-0.2, -0.15) is 4.89 Å². The van der Waals surface area contributed by atoms with Gasteiger partial charge in [0.15, 0.2) is 5.78 Å². The van der Waals surface area contributed by atoms with Crippen LogP contribution in [0.4, 0.5) is 0 Å². The van der Waals surface area contributed by atoms with E-state index in [1.54, 1.807) is 6.08 Å². The standard InChI is InChI=1S/C26H44O4/c1-20(2)9-6-10-21(3)11-7-12-22(4)13-8-16-25(5)17-14-23-19-24(27)15-18-26(23,29-25)30-28/h15,18-22,28H,6-14,16-17H2,1-5H3. The Kier molecular flexibility index (Phi) is 9.77. The number of hydrogen-bond acceptors (Lipinski definition) is 4. The van der Waals surface area contributed by atoms with Crippen molar-refractivity contribution in [2.75, 3.05) is 0 Å². The Hall–Kier alpha value is -0.970. The number of carbonyl (C=O) groups is 1. The van der Waals surface area contributed by atoms with Crippen molar-refractivity contribution in [3.05, 3.63) is 23.8 Å². The zero-order valence-corrected chi connectivity index (χ0v) is 19.9. The van der Waals surface area contributed by atoms with Gasteiger partial charge >= 0.3 is 0 Å². The van der Waals surface area contributed by atoms with Crippen molar-refractivity contribution in [2.24, 2.45) is 17.8 Å². The van der Waals surface area contributed by atoms with Crippen LogP contribution in [0.25, 0.3) is 0 Å². The van der Waals surface area contributed by atoms with Gasteiger partial charge in [-0.3, -0.25) is 4.79 Å². The lowest BCUT2D eigenvalue weighted by Crippen LogP contribution is -2.50. The maximum atomic E-state index is 11.6. The van der Waals surface area contributed by atoms with E-state index in [9.17, 15) is 10.1 Å². The van der Waals surface area contributed by atoms with Crippen LogP contribution in [-0.4, -0.2) is 22.4 Å². The molecule has 4 unspecified atom stereocenters. The minimum absolute atomic E-state index is 0.0760. The van der Waals surface area contributed by atoms with Crippen molar-refractivity contribution < 1.29 is 19.7 Å². The highest BCUT2D eigenvalue weighted by Gasteiger charge is 2.47. The lowest BCUT2D eigenvalue weighted by atomic mass is 9.82. The number of rotatable bonds is 13. The second-order valence-electron chi connectivity index (χ2n) is 10.6. The summed E-state index contributed by atoms with van der Waals surface area (Å²) in [4.78, 5) is 16.4. The first-order valence-electron chi connectivity index (χ1n) is 12.1. The third kappa shape index (κ3) is 7.62. The predicted octanol–water partition coefficient (Wildman–Crippen LogP) is 7.25. The molecule has 2 rings (SSSR count). The molecule has 0 bridgehead atoms. The van der Waals surface area contributed by atoms with E-state index in [4.69, 9.17) is 9.62 Å². The van der Waals surface area contributed by atoms with E-state index in [0.29, 0.717) is 12.0 Å². The van der Waals surface area contributed by atoms with Crippen LogP contribution in [0.2, 0.25) is 0 Å². The number of allylic oxidation sites excluding steroid dienone is 2. The van der Waals surface area contributed by atoms with Crippen LogP contribution in [0.5, 0.6) is 0 Å². The van der Waals surface area contributed by atoms with E-state index < -0.39 is 5.79 Å². The van der Waals surface area contributed by atoms with Crippen molar-refractivity contribution in [3.8, 4) is 0 Å². The third-order valence-electron chi connectivity index (χ3n) is 6.96. The maximum absolute atomic E-state index is 11.6. The molecule has 4 atom stereocenters. The van der Waals surface area contributed by atoms with Gasteiger partial charge in [-0.25, -0.2) is 5.26 Å². The van der Waals surface area contributed by atoms with Crippen LogP contribution in [-0.2, 0) is 14.4 Å². The summed E-state index contributed by atoms with van der Waals surface area (Å²) >= 11 is 0. The fourth-order valence-electron chi connectivity index (χ4n) is 4.87. The number of fused-ring (bicyclic) bond motifs is 1. The Morgan fingerprint density at radius 1 is 1.03 bits per heavy atom. The molecule has 1 saturated heterocycles. The first-order chi connectivity index (χ1) is 14.2. The van der Waals surface area contributed by atoms with E-state index in [2.05, 4.69) is 34.6 Å². The molecular weight excluding hydrogens is 376 g/mol. The molecule has 2 aliphatic rings. The fourth-order valence-corrected chi connectivity index (χ4v) is 4.87. The molecule has 1 heterocycles. The van der Waals surface area contributed by atoms with Crippen molar-refractivity contribution in [1.29, 1.82) is 0 Å². The first kappa shape index (κ1) is 25.3. The summed E-state index contributed by atoms with van der Waals surface area (Å²) in [5, 5.41) is 9.50. The zero-order chi connectivity index (χ0) is 22.2. The minimum Gasteiger partial charge on any atom is -0.334 e. The van der Waals surface area contributed by atoms with Crippen molar-refractivity contribution in [2.45, 2.75) is 117 Å². The number of carbonyl (C=O) groups excluding carboxylic acids is 1. The van der Waals surface area contributed by atoms with Gasteiger partial charge in [-0.05, 0) is 67.7 Å². The molecular formula is C26H44O4. The second kappa shape index (κ2) is 11.6. The van der Waals surface area contributed by atoms with Gasteiger partial charge in [0, 0.05) is 0 Å². The summed E-state index contributed by atoms with van der Waals surface area (Å²) in [6.45, 7) is 11.5. The van der Waals surface area contributed by atoms with Crippen LogP contribution in [0, 0.1) is 17.8 Å². The highest BCUT2D eigenvalue weighted by atomic mass is 17.1. The monoisotopic (exact) mass is 420 g/mol. The van der Waals surface area contributed by atoms with E-state index in [1.807, 2.05) is 0 Å². The summed E-state index contributed by atoms with van der Waals surface area (Å²) in [6.07, 6.45) is 17.3. The van der Waals surface area contributed by atoms with E-state index in [0.717, 1.165) is 37.0 Å². The van der Waals surface area contributed by atoms with Crippen LogP contribution in [0.3, 0.4) is 0 Å². The quantitative estimate of drug-likeness (QED) is 0.252. The van der Waals surface area contributed by atoms with Crippen molar-refractivity contribution >= 4 is 5.78 Å². The largest absolute Gasteiger partial charge is 0.334 e. The normalized spacial score (nSPS) is 28.4. The van der Waals surface area contributed by atoms with Gasteiger partial charge in [0.1, 0.15) is 0 Å². The Morgan fingerprint density at radius 2 is 1.63 bits per heavy atom. The number of ether oxygens (including phenoxy) is 1. The highest BCUT2D eigenvalue weighted by Crippen LogP contribution is 2.44. The lowest BCUT2D eigenvalue weighted by Gasteiger charge is -2.45. The van der Waals surface area contributed by atoms with Gasteiger partial charge in [0.2, 0.25) is 5.79 Å². The molecule has 172 valence electrons. The minimum atomic E-state index is -1.28. The van der Waals surface area contributed by atoms with E-state index in [-0.39, 0.29) is 11.4 Å². The Balaban J connectivity index is 1.67. The molecule has 1 aliphatic carbocycles. The SMILES string of the molecule is CC(C)CCCC(C)CCCC(C)CCCC1(C)CCC2=CC(=O)C=CC2(OO)O1. The van der Waals surface area contributed by atoms with E-state index in [1.165, 1.54) is 57.1 Å². The molecule has 4 nitrogen and oxygen atoms in total. The number of hydrogen-bond donors (Lipinski definition) is 1. The van der Waals surface area contributed by atoms with Gasteiger partial charge < -0.3 is 4.74 Å². The summed E-state index contributed by atoms with van der Waals surface area (Å²) in [5.41, 5.74) is 0.362. The molecule has 4 heteroatoms. The molecule has 0 saturated carbocycles. The van der Waals surface area contributed by atoms with Crippen LogP contribution < -0.4 is 0 Å². The van der Waals surface area contributed by atoms with Crippen LogP contribution in [0.15, 0.2) is 23.8 Å². The van der Waals surface area contributed by atoms with Gasteiger partial charge in [-0.15, -0.1) is 0 Å². The molecule has 0 spiro atoms. The Bertz CT molecular complexity index is 608. The molecule has 0 aromatic rings. The lowest BCUT2D eigenvalue weighted by molar-refractivity contribution is -0.397. The summed E-state index contributed by atoms with van der Waals surface area (Å²) in [7, 11) is 0. The first-order valence-corrected chi connectivity index (χ1v) is 12.1. The summed E-state index contributed by atoms with van der Waals surface area (Å²) < 4.78 is 6.23. The fraction of sp³-hybridized carbons (Fsp3) is 0.808. The Labute approximate surface area is 184 Å². The van der Waals surface area contributed by atoms with Crippen LogP contribution >= 0.6 is 0 Å².